The number of azo groups is 1. The Hall–Kier alpha value is -3.47. The number of nitrogens with zero attached hydrogens (tertiary/aromatic N) is 3. The van der Waals surface area contributed by atoms with Crippen LogP contribution in [0, 0.1) is 0 Å². The lowest BCUT2D eigenvalue weighted by Gasteiger charge is -2.09. The van der Waals surface area contributed by atoms with Crippen LogP contribution < -0.4 is 0 Å². The molecule has 3 aromatic carbocycles. The van der Waals surface area contributed by atoms with Crippen LogP contribution in [0.2, 0.25) is 0 Å². The number of imidazole rings is 1. The standard InChI is InChI=1S/C19H12N4O/c24-12-6-8-14(19-20-16-3-1-2-4-17(16)21-19)15(10-12)13-7-5-11-9-18(13)23-22-11/h1-10,24H,(H,20,21). The fraction of sp³-hybridized carbons (Fsp3) is 0. The second-order valence-electron chi connectivity index (χ2n) is 5.73. The molecule has 5 nitrogen and oxygen atoms in total. The fourth-order valence-electron chi connectivity index (χ4n) is 3.05. The Bertz CT molecular complexity index is 1090. The molecule has 2 bridgehead atoms. The van der Waals surface area contributed by atoms with E-state index in [1.807, 2.05) is 48.5 Å². The maximum Gasteiger partial charge on any atom is 0.139 e. The first-order chi connectivity index (χ1) is 11.8. The van der Waals surface area contributed by atoms with Gasteiger partial charge in [-0.05, 0) is 54.1 Å². The molecular weight excluding hydrogens is 300 g/mol. The molecule has 2 heterocycles. The predicted octanol–water partition coefficient (Wildman–Crippen LogP) is 5.33. The summed E-state index contributed by atoms with van der Waals surface area (Å²) in [4.78, 5) is 8.02. The number of benzene rings is 3. The van der Waals surface area contributed by atoms with Crippen LogP contribution in [0.25, 0.3) is 33.5 Å². The summed E-state index contributed by atoms with van der Waals surface area (Å²) in [5.41, 5.74) is 6.24. The summed E-state index contributed by atoms with van der Waals surface area (Å²) in [7, 11) is 0. The Morgan fingerprint density at radius 1 is 0.792 bits per heavy atom. The average molecular weight is 312 g/mol. The van der Waals surface area contributed by atoms with Crippen molar-refractivity contribution in [2.24, 2.45) is 10.2 Å². The molecule has 4 aromatic rings. The van der Waals surface area contributed by atoms with Gasteiger partial charge in [0, 0.05) is 11.1 Å². The van der Waals surface area contributed by atoms with Gasteiger partial charge in [0.15, 0.2) is 0 Å². The van der Waals surface area contributed by atoms with Crippen LogP contribution in [0.1, 0.15) is 0 Å². The highest BCUT2D eigenvalue weighted by atomic mass is 16.3. The third-order valence-corrected chi connectivity index (χ3v) is 4.19. The topological polar surface area (TPSA) is 73.6 Å². The van der Waals surface area contributed by atoms with E-state index in [1.165, 1.54) is 0 Å². The molecule has 24 heavy (non-hydrogen) atoms. The van der Waals surface area contributed by atoms with Crippen molar-refractivity contribution >= 4 is 22.4 Å². The molecule has 0 aliphatic carbocycles. The number of aromatic hydroxyl groups is 1. The lowest BCUT2D eigenvalue weighted by molar-refractivity contribution is 0.475. The van der Waals surface area contributed by atoms with Crippen LogP contribution in [0.15, 0.2) is 70.9 Å². The second kappa shape index (κ2) is 4.76. The molecule has 0 saturated heterocycles. The van der Waals surface area contributed by atoms with E-state index < -0.39 is 0 Å². The SMILES string of the molecule is Oc1ccc(-c2nc3ccccc3[nH]2)c(-c2ccc3cc2N=N3)c1. The van der Waals surface area contributed by atoms with E-state index in [2.05, 4.69) is 20.2 Å². The zero-order valence-electron chi connectivity index (χ0n) is 12.6. The molecule has 0 fully saturated rings. The Kier molecular flexibility index (Phi) is 2.58. The number of fused-ring (bicyclic) bond motifs is 3. The number of hydrogen-bond acceptors (Lipinski definition) is 4. The minimum absolute atomic E-state index is 0.205. The van der Waals surface area contributed by atoms with Crippen molar-refractivity contribution in [3.8, 4) is 28.3 Å². The second-order valence-corrected chi connectivity index (χ2v) is 5.73. The zero-order valence-corrected chi connectivity index (χ0v) is 12.6. The van der Waals surface area contributed by atoms with Crippen molar-refractivity contribution < 1.29 is 5.11 Å². The van der Waals surface area contributed by atoms with Crippen LogP contribution in [0.4, 0.5) is 11.4 Å². The van der Waals surface area contributed by atoms with Crippen LogP contribution >= 0.6 is 0 Å². The molecule has 114 valence electrons. The van der Waals surface area contributed by atoms with E-state index in [0.717, 1.165) is 44.9 Å². The first-order valence-corrected chi connectivity index (χ1v) is 7.62. The van der Waals surface area contributed by atoms with Crippen molar-refractivity contribution in [3.63, 3.8) is 0 Å². The van der Waals surface area contributed by atoms with Crippen LogP contribution in [-0.4, -0.2) is 15.1 Å². The first kappa shape index (κ1) is 13.0. The van der Waals surface area contributed by atoms with E-state index in [1.54, 1.807) is 12.1 Å². The minimum Gasteiger partial charge on any atom is -0.508 e. The highest BCUT2D eigenvalue weighted by molar-refractivity contribution is 5.91. The minimum atomic E-state index is 0.205. The molecule has 2 N–H and O–H groups in total. The molecule has 5 rings (SSSR count). The summed E-state index contributed by atoms with van der Waals surface area (Å²) >= 11 is 0. The van der Waals surface area contributed by atoms with Gasteiger partial charge in [0.05, 0.1) is 22.4 Å². The van der Waals surface area contributed by atoms with Crippen molar-refractivity contribution in [2.75, 3.05) is 0 Å². The number of nitrogens with one attached hydrogen (secondary N) is 1. The molecule has 1 aliphatic rings. The summed E-state index contributed by atoms with van der Waals surface area (Å²) in [5, 5.41) is 18.3. The van der Waals surface area contributed by atoms with Gasteiger partial charge in [0.1, 0.15) is 11.6 Å². The summed E-state index contributed by atoms with van der Waals surface area (Å²) in [5.74, 6) is 0.966. The number of hydrogen-bond donors (Lipinski definition) is 2. The van der Waals surface area contributed by atoms with E-state index >= 15 is 0 Å². The molecule has 1 aromatic heterocycles. The molecule has 1 aliphatic heterocycles. The maximum atomic E-state index is 9.98. The summed E-state index contributed by atoms with van der Waals surface area (Å²) in [6, 6.07) is 19.0. The third-order valence-electron chi connectivity index (χ3n) is 4.19. The molecule has 0 amide bonds. The first-order valence-electron chi connectivity index (χ1n) is 7.62. The van der Waals surface area contributed by atoms with Gasteiger partial charge in [-0.25, -0.2) is 4.98 Å². The normalized spacial score (nSPS) is 12.2. The van der Waals surface area contributed by atoms with Crippen molar-refractivity contribution in [1.29, 1.82) is 0 Å². The van der Waals surface area contributed by atoms with Gasteiger partial charge in [0.2, 0.25) is 0 Å². The predicted molar refractivity (Wildman–Crippen MR) is 92.8 cm³/mol. The van der Waals surface area contributed by atoms with Gasteiger partial charge in [-0.2, -0.15) is 5.11 Å². The number of aromatic amines is 1. The number of H-pyrrole nitrogens is 1. The number of phenols is 1. The Balaban J connectivity index is 1.76. The largest absolute Gasteiger partial charge is 0.508 e. The molecule has 0 unspecified atom stereocenters. The van der Waals surface area contributed by atoms with Crippen molar-refractivity contribution in [1.82, 2.24) is 9.97 Å². The lowest BCUT2D eigenvalue weighted by Crippen LogP contribution is -1.87. The average Bonchev–Trinajstić information content (AvgIpc) is 3.19. The van der Waals surface area contributed by atoms with Gasteiger partial charge in [-0.1, -0.05) is 12.1 Å². The van der Waals surface area contributed by atoms with E-state index in [-0.39, 0.29) is 5.75 Å². The van der Waals surface area contributed by atoms with Gasteiger partial charge in [-0.3, -0.25) is 0 Å². The molecule has 5 heteroatoms. The monoisotopic (exact) mass is 312 g/mol. The highest BCUT2D eigenvalue weighted by Crippen LogP contribution is 2.43. The molecule has 0 spiro atoms. The van der Waals surface area contributed by atoms with Crippen molar-refractivity contribution in [2.45, 2.75) is 0 Å². The third kappa shape index (κ3) is 1.91. The van der Waals surface area contributed by atoms with Crippen LogP contribution in [-0.2, 0) is 0 Å². The van der Waals surface area contributed by atoms with Crippen LogP contribution in [0.5, 0.6) is 5.75 Å². The van der Waals surface area contributed by atoms with Gasteiger partial charge >= 0.3 is 0 Å². The quantitative estimate of drug-likeness (QED) is 0.462. The molecule has 0 radical (unpaired) electrons. The highest BCUT2D eigenvalue weighted by Gasteiger charge is 2.17. The number of phenolic OH excluding ortho intramolecular Hbond substituents is 1. The summed E-state index contributed by atoms with van der Waals surface area (Å²) in [6.45, 7) is 0. The summed E-state index contributed by atoms with van der Waals surface area (Å²) in [6.07, 6.45) is 0. The Labute approximate surface area is 137 Å². The number of aromatic nitrogens is 2. The lowest BCUT2D eigenvalue weighted by atomic mass is 9.97. The molecule has 0 saturated carbocycles. The summed E-state index contributed by atoms with van der Waals surface area (Å²) < 4.78 is 0. The van der Waals surface area contributed by atoms with E-state index in [0.29, 0.717) is 0 Å². The zero-order chi connectivity index (χ0) is 16.1. The fourth-order valence-corrected chi connectivity index (χ4v) is 3.05. The molecular formula is C19H12N4O. The smallest absolute Gasteiger partial charge is 0.139 e. The van der Waals surface area contributed by atoms with E-state index in [4.69, 9.17) is 0 Å². The van der Waals surface area contributed by atoms with Gasteiger partial charge < -0.3 is 10.1 Å². The maximum absolute atomic E-state index is 9.98. The Morgan fingerprint density at radius 3 is 2.58 bits per heavy atom. The number of para-hydroxylation sites is 2. The van der Waals surface area contributed by atoms with Gasteiger partial charge in [-0.15, -0.1) is 5.11 Å². The van der Waals surface area contributed by atoms with Gasteiger partial charge in [0.25, 0.3) is 0 Å². The Morgan fingerprint density at radius 2 is 1.67 bits per heavy atom. The van der Waals surface area contributed by atoms with Crippen molar-refractivity contribution in [3.05, 3.63) is 60.7 Å². The van der Waals surface area contributed by atoms with E-state index in [9.17, 15) is 5.11 Å². The molecule has 0 atom stereocenters. The van der Waals surface area contributed by atoms with Crippen LogP contribution in [0.3, 0.4) is 0 Å². The number of rotatable bonds is 2.